The fraction of sp³-hybridized carbons (Fsp3) is 0.130. The maximum atomic E-state index is 13.8. The molecule has 0 radical (unpaired) electrons. The van der Waals surface area contributed by atoms with Gasteiger partial charge in [0.2, 0.25) is 5.91 Å². The Hall–Kier alpha value is -3.32. The molecule has 0 aliphatic carbocycles. The molecule has 0 heterocycles. The summed E-state index contributed by atoms with van der Waals surface area (Å²) in [4.78, 5) is 25.7. The standard InChI is InChI=1S/C23H21FN2O3S/c1-15(22(27)26-20-12-5-6-13-21(20)29-2)30-17-9-7-8-16(14-17)25-23(28)18-10-3-4-11-19(18)24/h3-15H,1-2H3,(H,25,28)(H,26,27). The van der Waals surface area contributed by atoms with Gasteiger partial charge in [-0.05, 0) is 49.4 Å². The molecule has 1 unspecified atom stereocenters. The molecule has 3 rings (SSSR count). The molecule has 5 nitrogen and oxygen atoms in total. The highest BCUT2D eigenvalue weighted by atomic mass is 32.2. The second-order valence-electron chi connectivity index (χ2n) is 6.41. The van der Waals surface area contributed by atoms with Gasteiger partial charge in [-0.25, -0.2) is 4.39 Å². The van der Waals surface area contributed by atoms with Crippen LogP contribution in [0.4, 0.5) is 15.8 Å². The van der Waals surface area contributed by atoms with Crippen molar-refractivity contribution in [3.63, 3.8) is 0 Å². The van der Waals surface area contributed by atoms with Crippen LogP contribution in [-0.4, -0.2) is 24.2 Å². The largest absolute Gasteiger partial charge is 0.495 e. The van der Waals surface area contributed by atoms with Crippen molar-refractivity contribution in [2.24, 2.45) is 0 Å². The molecule has 0 fully saturated rings. The Balaban J connectivity index is 1.65. The number of benzene rings is 3. The lowest BCUT2D eigenvalue weighted by atomic mass is 10.2. The van der Waals surface area contributed by atoms with Gasteiger partial charge in [0.15, 0.2) is 0 Å². The monoisotopic (exact) mass is 424 g/mol. The summed E-state index contributed by atoms with van der Waals surface area (Å²) in [5.41, 5.74) is 1.09. The van der Waals surface area contributed by atoms with Gasteiger partial charge in [0.1, 0.15) is 11.6 Å². The van der Waals surface area contributed by atoms with Crippen LogP contribution in [0.2, 0.25) is 0 Å². The third kappa shape index (κ3) is 5.39. The van der Waals surface area contributed by atoms with E-state index in [1.165, 1.54) is 30.0 Å². The molecule has 1 atom stereocenters. The molecule has 2 N–H and O–H groups in total. The summed E-state index contributed by atoms with van der Waals surface area (Å²) in [7, 11) is 1.55. The number of thioether (sulfide) groups is 1. The molecule has 2 amide bonds. The molecule has 0 spiro atoms. The SMILES string of the molecule is COc1ccccc1NC(=O)C(C)Sc1cccc(NC(=O)c2ccccc2F)c1. The first-order chi connectivity index (χ1) is 14.5. The smallest absolute Gasteiger partial charge is 0.258 e. The Kier molecular flexibility index (Phi) is 7.08. The van der Waals surface area contributed by atoms with Crippen LogP contribution in [0.1, 0.15) is 17.3 Å². The molecule has 7 heteroatoms. The summed E-state index contributed by atoms with van der Waals surface area (Å²) in [6, 6.07) is 20.1. The van der Waals surface area contributed by atoms with Crippen molar-refractivity contribution in [3.05, 3.63) is 84.2 Å². The van der Waals surface area contributed by atoms with E-state index in [1.54, 1.807) is 50.4 Å². The van der Waals surface area contributed by atoms with Crippen molar-refractivity contribution in [1.82, 2.24) is 0 Å². The number of hydrogen-bond acceptors (Lipinski definition) is 4. The predicted octanol–water partition coefficient (Wildman–Crippen LogP) is 5.21. The minimum Gasteiger partial charge on any atom is -0.495 e. The molecular weight excluding hydrogens is 403 g/mol. The molecule has 3 aromatic carbocycles. The quantitative estimate of drug-likeness (QED) is 0.511. The first-order valence-corrected chi connectivity index (χ1v) is 10.1. The fourth-order valence-electron chi connectivity index (χ4n) is 2.73. The van der Waals surface area contributed by atoms with E-state index >= 15 is 0 Å². The van der Waals surface area contributed by atoms with Crippen molar-refractivity contribution in [3.8, 4) is 5.75 Å². The highest BCUT2D eigenvalue weighted by Crippen LogP contribution is 2.28. The molecule has 0 saturated heterocycles. The normalized spacial score (nSPS) is 11.4. The van der Waals surface area contributed by atoms with Gasteiger partial charge in [-0.2, -0.15) is 0 Å². The number of ether oxygens (including phenoxy) is 1. The van der Waals surface area contributed by atoms with E-state index in [2.05, 4.69) is 10.6 Å². The maximum Gasteiger partial charge on any atom is 0.258 e. The lowest BCUT2D eigenvalue weighted by molar-refractivity contribution is -0.115. The number of nitrogens with one attached hydrogen (secondary N) is 2. The van der Waals surface area contributed by atoms with Crippen molar-refractivity contribution in [1.29, 1.82) is 0 Å². The van der Waals surface area contributed by atoms with Crippen LogP contribution in [0.3, 0.4) is 0 Å². The third-order valence-electron chi connectivity index (χ3n) is 4.26. The second kappa shape index (κ2) is 9.93. The van der Waals surface area contributed by atoms with Crippen molar-refractivity contribution >= 4 is 35.0 Å². The number of methoxy groups -OCH3 is 1. The topological polar surface area (TPSA) is 67.4 Å². The highest BCUT2D eigenvalue weighted by molar-refractivity contribution is 8.00. The summed E-state index contributed by atoms with van der Waals surface area (Å²) in [5, 5.41) is 5.15. The van der Waals surface area contributed by atoms with E-state index in [0.29, 0.717) is 17.1 Å². The van der Waals surface area contributed by atoms with E-state index < -0.39 is 17.0 Å². The fourth-order valence-corrected chi connectivity index (χ4v) is 3.66. The Morgan fingerprint density at radius 1 is 0.967 bits per heavy atom. The van der Waals surface area contributed by atoms with E-state index in [1.807, 2.05) is 18.2 Å². The van der Waals surface area contributed by atoms with E-state index in [9.17, 15) is 14.0 Å². The Morgan fingerprint density at radius 2 is 1.70 bits per heavy atom. The molecule has 0 saturated carbocycles. The number of hydrogen-bond donors (Lipinski definition) is 2. The molecule has 0 aliphatic rings. The summed E-state index contributed by atoms with van der Waals surface area (Å²) in [6.45, 7) is 1.79. The zero-order valence-corrected chi connectivity index (χ0v) is 17.3. The van der Waals surface area contributed by atoms with Gasteiger partial charge in [-0.1, -0.05) is 30.3 Å². The zero-order chi connectivity index (χ0) is 21.5. The van der Waals surface area contributed by atoms with Gasteiger partial charge < -0.3 is 15.4 Å². The highest BCUT2D eigenvalue weighted by Gasteiger charge is 2.17. The van der Waals surface area contributed by atoms with Crippen LogP contribution >= 0.6 is 11.8 Å². The van der Waals surface area contributed by atoms with Crippen LogP contribution in [0.15, 0.2) is 77.7 Å². The number of halogens is 1. The number of anilines is 2. The first kappa shape index (κ1) is 21.4. The summed E-state index contributed by atoms with van der Waals surface area (Å²) in [6.07, 6.45) is 0. The van der Waals surface area contributed by atoms with Gasteiger partial charge in [-0.3, -0.25) is 9.59 Å². The molecule has 30 heavy (non-hydrogen) atoms. The van der Waals surface area contributed by atoms with Crippen molar-refractivity contribution in [2.75, 3.05) is 17.7 Å². The van der Waals surface area contributed by atoms with Gasteiger partial charge in [0, 0.05) is 10.6 Å². The van der Waals surface area contributed by atoms with Crippen molar-refractivity contribution in [2.45, 2.75) is 17.1 Å². The number of rotatable bonds is 7. The average molecular weight is 424 g/mol. The number of carbonyl (C=O) groups excluding carboxylic acids is 2. The lowest BCUT2D eigenvalue weighted by Crippen LogP contribution is -2.22. The van der Waals surface area contributed by atoms with Crippen LogP contribution < -0.4 is 15.4 Å². The first-order valence-electron chi connectivity index (χ1n) is 9.24. The minimum absolute atomic E-state index is 0.0277. The van der Waals surface area contributed by atoms with Gasteiger partial charge in [0.25, 0.3) is 5.91 Å². The van der Waals surface area contributed by atoms with Crippen molar-refractivity contribution < 1.29 is 18.7 Å². The van der Waals surface area contributed by atoms with Crippen LogP contribution in [0.25, 0.3) is 0 Å². The van der Waals surface area contributed by atoms with Gasteiger partial charge in [-0.15, -0.1) is 11.8 Å². The number of para-hydroxylation sites is 2. The molecule has 0 aromatic heterocycles. The molecule has 0 aliphatic heterocycles. The number of amides is 2. The Bertz CT molecular complexity index is 1060. The Labute approximate surface area is 178 Å². The van der Waals surface area contributed by atoms with E-state index in [0.717, 1.165) is 4.90 Å². The third-order valence-corrected chi connectivity index (χ3v) is 5.35. The molecule has 0 bridgehead atoms. The summed E-state index contributed by atoms with van der Waals surface area (Å²) in [5.74, 6) is -0.703. The second-order valence-corrected chi connectivity index (χ2v) is 7.83. The molecule has 154 valence electrons. The van der Waals surface area contributed by atoms with Gasteiger partial charge in [0.05, 0.1) is 23.6 Å². The Morgan fingerprint density at radius 3 is 2.47 bits per heavy atom. The summed E-state index contributed by atoms with van der Waals surface area (Å²) < 4.78 is 19.1. The molecule has 3 aromatic rings. The lowest BCUT2D eigenvalue weighted by Gasteiger charge is -2.14. The number of carbonyl (C=O) groups is 2. The van der Waals surface area contributed by atoms with Crippen LogP contribution in [0, 0.1) is 5.82 Å². The van der Waals surface area contributed by atoms with E-state index in [4.69, 9.17) is 4.74 Å². The average Bonchev–Trinajstić information content (AvgIpc) is 2.74. The van der Waals surface area contributed by atoms with Crippen LogP contribution in [0.5, 0.6) is 5.75 Å². The maximum absolute atomic E-state index is 13.8. The predicted molar refractivity (Wildman–Crippen MR) is 118 cm³/mol. The minimum atomic E-state index is -0.581. The zero-order valence-electron chi connectivity index (χ0n) is 16.5. The van der Waals surface area contributed by atoms with Gasteiger partial charge >= 0.3 is 0 Å². The van der Waals surface area contributed by atoms with E-state index in [-0.39, 0.29) is 11.5 Å². The van der Waals surface area contributed by atoms with Crippen LogP contribution in [-0.2, 0) is 4.79 Å². The summed E-state index contributed by atoms with van der Waals surface area (Å²) >= 11 is 1.35. The molecular formula is C23H21FN2O3S.